The highest BCUT2D eigenvalue weighted by Crippen LogP contribution is 2.45. The van der Waals surface area contributed by atoms with Crippen molar-refractivity contribution in [3.8, 4) is 0 Å². The van der Waals surface area contributed by atoms with E-state index in [2.05, 4.69) is 20.4 Å². The van der Waals surface area contributed by atoms with Gasteiger partial charge in [0, 0.05) is 6.08 Å². The second kappa shape index (κ2) is 7.07. The third-order valence-electron chi connectivity index (χ3n) is 4.47. The van der Waals surface area contributed by atoms with E-state index >= 15 is 0 Å². The molecule has 0 aliphatic heterocycles. The van der Waals surface area contributed by atoms with E-state index in [0.29, 0.717) is 12.5 Å². The van der Waals surface area contributed by atoms with Gasteiger partial charge in [-0.1, -0.05) is 31.6 Å². The smallest absolute Gasteiger partial charge is 0.330 e. The van der Waals surface area contributed by atoms with Gasteiger partial charge in [0.05, 0.1) is 12.7 Å². The summed E-state index contributed by atoms with van der Waals surface area (Å²) < 4.78 is 4.91. The average molecular weight is 280 g/mol. The van der Waals surface area contributed by atoms with Crippen molar-refractivity contribution < 1.29 is 14.6 Å². The first kappa shape index (κ1) is 17.0. The lowest BCUT2D eigenvalue weighted by atomic mass is 9.63. The molecule has 0 aromatic rings. The fourth-order valence-electron chi connectivity index (χ4n) is 3.03. The van der Waals surface area contributed by atoms with Crippen LogP contribution in [0.4, 0.5) is 0 Å². The van der Waals surface area contributed by atoms with Crippen molar-refractivity contribution in [1.29, 1.82) is 0 Å². The predicted octanol–water partition coefficient (Wildman–Crippen LogP) is 3.63. The molecule has 0 radical (unpaired) electrons. The third-order valence-corrected chi connectivity index (χ3v) is 4.47. The molecular weight excluding hydrogens is 252 g/mol. The molecule has 0 saturated heterocycles. The summed E-state index contributed by atoms with van der Waals surface area (Å²) in [6, 6.07) is 0. The van der Waals surface area contributed by atoms with Crippen molar-refractivity contribution in [2.75, 3.05) is 6.61 Å². The number of hydrogen-bond donors (Lipinski definition) is 1. The molecule has 1 fully saturated rings. The fourth-order valence-corrected chi connectivity index (χ4v) is 3.03. The maximum Gasteiger partial charge on any atom is 0.330 e. The maximum atomic E-state index is 11.4. The Bertz CT molecular complexity index is 393. The summed E-state index contributed by atoms with van der Waals surface area (Å²) in [6.07, 6.45) is 4.75. The summed E-state index contributed by atoms with van der Waals surface area (Å²) in [5.74, 6) is 0.0311. The van der Waals surface area contributed by atoms with Gasteiger partial charge in [0.1, 0.15) is 0 Å². The Kier molecular flexibility index (Phi) is 6.00. The monoisotopic (exact) mass is 280 g/mol. The van der Waals surface area contributed by atoms with Crippen LogP contribution in [0.5, 0.6) is 0 Å². The lowest BCUT2D eigenvalue weighted by Gasteiger charge is -2.44. The van der Waals surface area contributed by atoms with Crippen LogP contribution in [0.1, 0.15) is 53.4 Å². The Hall–Kier alpha value is -1.09. The predicted molar refractivity (Wildman–Crippen MR) is 81.3 cm³/mol. The first-order valence-electron chi connectivity index (χ1n) is 7.48. The molecule has 0 aromatic carbocycles. The van der Waals surface area contributed by atoms with E-state index in [-0.39, 0.29) is 17.5 Å². The van der Waals surface area contributed by atoms with Gasteiger partial charge in [0.15, 0.2) is 0 Å². The van der Waals surface area contributed by atoms with Gasteiger partial charge in [-0.2, -0.15) is 0 Å². The molecule has 1 aliphatic rings. The molecular formula is C17H28O3. The van der Waals surface area contributed by atoms with Crippen LogP contribution in [0.25, 0.3) is 0 Å². The van der Waals surface area contributed by atoms with Crippen molar-refractivity contribution in [3.05, 3.63) is 23.8 Å². The van der Waals surface area contributed by atoms with E-state index in [1.54, 1.807) is 13.0 Å². The number of allylic oxidation sites excluding steroid dienone is 2. The minimum Gasteiger partial charge on any atom is -0.463 e. The molecule has 114 valence electrons. The van der Waals surface area contributed by atoms with Crippen LogP contribution in [0.2, 0.25) is 0 Å². The second-order valence-corrected chi connectivity index (χ2v) is 6.37. The van der Waals surface area contributed by atoms with Gasteiger partial charge in [-0.3, -0.25) is 0 Å². The van der Waals surface area contributed by atoms with Gasteiger partial charge in [-0.15, -0.1) is 0 Å². The van der Waals surface area contributed by atoms with E-state index in [9.17, 15) is 9.90 Å². The van der Waals surface area contributed by atoms with Gasteiger partial charge in [-0.05, 0) is 50.9 Å². The fraction of sp³-hybridized carbons (Fsp3) is 0.706. The minimum atomic E-state index is -0.272. The summed E-state index contributed by atoms with van der Waals surface area (Å²) in [5, 5.41) is 10.2. The molecule has 3 heteroatoms. The molecule has 0 heterocycles. The number of hydrogen-bond acceptors (Lipinski definition) is 3. The topological polar surface area (TPSA) is 46.5 Å². The average Bonchev–Trinajstić information content (AvgIpc) is 2.34. The summed E-state index contributed by atoms with van der Waals surface area (Å²) in [5.41, 5.74) is 2.11. The van der Waals surface area contributed by atoms with Crippen molar-refractivity contribution in [1.82, 2.24) is 0 Å². The molecule has 0 amide bonds. The molecule has 3 nitrogen and oxygen atoms in total. The highest BCUT2D eigenvalue weighted by atomic mass is 16.5. The van der Waals surface area contributed by atoms with E-state index in [4.69, 9.17) is 4.74 Å². The van der Waals surface area contributed by atoms with Crippen LogP contribution in [-0.2, 0) is 9.53 Å². The number of aliphatic hydroxyl groups is 1. The van der Waals surface area contributed by atoms with Crippen LogP contribution in [0.15, 0.2) is 23.8 Å². The summed E-state index contributed by atoms with van der Waals surface area (Å²) in [6.45, 7) is 12.5. The summed E-state index contributed by atoms with van der Waals surface area (Å²) in [4.78, 5) is 11.4. The van der Waals surface area contributed by atoms with Gasteiger partial charge in [-0.25, -0.2) is 4.79 Å². The molecule has 2 atom stereocenters. The SMILES string of the molecule is C=C1CC[C@@H](O)C(C)(C)[C@@H]1CC/C(C)=C/C(=O)OCC. The molecule has 0 unspecified atom stereocenters. The molecule has 20 heavy (non-hydrogen) atoms. The van der Waals surface area contributed by atoms with E-state index in [0.717, 1.165) is 31.3 Å². The van der Waals surface area contributed by atoms with Crippen LogP contribution < -0.4 is 0 Å². The molecule has 1 rings (SSSR count). The number of carbonyl (C=O) groups is 1. The van der Waals surface area contributed by atoms with Crippen molar-refractivity contribution in [2.24, 2.45) is 11.3 Å². The van der Waals surface area contributed by atoms with Crippen LogP contribution in [-0.4, -0.2) is 23.8 Å². The van der Waals surface area contributed by atoms with Crippen LogP contribution >= 0.6 is 0 Å². The Morgan fingerprint density at radius 1 is 1.55 bits per heavy atom. The Balaban J connectivity index is 2.63. The quantitative estimate of drug-likeness (QED) is 0.475. The lowest BCUT2D eigenvalue weighted by molar-refractivity contribution is -0.137. The summed E-state index contributed by atoms with van der Waals surface area (Å²) >= 11 is 0. The molecule has 0 spiro atoms. The molecule has 1 N–H and O–H groups in total. The second-order valence-electron chi connectivity index (χ2n) is 6.37. The Morgan fingerprint density at radius 3 is 2.80 bits per heavy atom. The summed E-state index contributed by atoms with van der Waals surface area (Å²) in [7, 11) is 0. The van der Waals surface area contributed by atoms with Crippen molar-refractivity contribution in [2.45, 2.75) is 59.5 Å². The minimum absolute atomic E-state index is 0.139. The molecule has 1 saturated carbocycles. The largest absolute Gasteiger partial charge is 0.463 e. The third kappa shape index (κ3) is 4.20. The van der Waals surface area contributed by atoms with Gasteiger partial charge in [0.2, 0.25) is 0 Å². The number of esters is 1. The highest BCUT2D eigenvalue weighted by molar-refractivity contribution is 5.82. The number of carbonyl (C=O) groups excluding carboxylic acids is 1. The zero-order valence-corrected chi connectivity index (χ0v) is 13.2. The van der Waals surface area contributed by atoms with E-state index in [1.807, 2.05) is 6.92 Å². The van der Waals surface area contributed by atoms with E-state index < -0.39 is 0 Å². The zero-order chi connectivity index (χ0) is 15.3. The molecule has 0 aromatic heterocycles. The Labute approximate surface area is 122 Å². The molecule has 0 bridgehead atoms. The van der Waals surface area contributed by atoms with Crippen LogP contribution in [0, 0.1) is 11.3 Å². The normalized spacial score (nSPS) is 26.4. The first-order valence-corrected chi connectivity index (χ1v) is 7.48. The van der Waals surface area contributed by atoms with Crippen LogP contribution in [0.3, 0.4) is 0 Å². The number of aliphatic hydroxyl groups excluding tert-OH is 1. The first-order chi connectivity index (χ1) is 9.28. The number of rotatable bonds is 5. The van der Waals surface area contributed by atoms with E-state index in [1.165, 1.54) is 5.57 Å². The molecule has 1 aliphatic carbocycles. The van der Waals surface area contributed by atoms with Gasteiger partial charge < -0.3 is 9.84 Å². The van der Waals surface area contributed by atoms with Crippen molar-refractivity contribution >= 4 is 5.97 Å². The van der Waals surface area contributed by atoms with Gasteiger partial charge >= 0.3 is 5.97 Å². The maximum absolute atomic E-state index is 11.4. The van der Waals surface area contributed by atoms with Gasteiger partial charge in [0.25, 0.3) is 0 Å². The standard InChI is InChI=1S/C17H28O3/c1-6-20-16(19)11-12(2)7-9-14-13(3)8-10-15(18)17(14,4)5/h11,14-15,18H,3,6-10H2,1-2,4-5H3/b12-11+/t14-,15-/m1/s1. The Morgan fingerprint density at radius 2 is 2.20 bits per heavy atom. The zero-order valence-electron chi connectivity index (χ0n) is 13.2. The van der Waals surface area contributed by atoms with Crippen molar-refractivity contribution in [3.63, 3.8) is 0 Å². The highest BCUT2D eigenvalue weighted by Gasteiger charge is 2.40. The number of ether oxygens (including phenoxy) is 1. The lowest BCUT2D eigenvalue weighted by Crippen LogP contribution is -2.41.